The SMILES string of the molecule is CNC(=O)c1ccc(CN=C=S)cc1. The van der Waals surface area contributed by atoms with Crippen molar-refractivity contribution in [2.75, 3.05) is 7.05 Å². The van der Waals surface area contributed by atoms with E-state index in [4.69, 9.17) is 0 Å². The number of rotatable bonds is 3. The molecule has 0 heterocycles. The third-order valence-electron chi connectivity index (χ3n) is 1.77. The summed E-state index contributed by atoms with van der Waals surface area (Å²) >= 11 is 4.46. The lowest BCUT2D eigenvalue weighted by Gasteiger charge is -2.00. The van der Waals surface area contributed by atoms with Crippen molar-refractivity contribution >= 4 is 23.3 Å². The molecule has 1 rings (SSSR count). The first-order chi connectivity index (χ1) is 6.77. The molecule has 0 radical (unpaired) electrons. The summed E-state index contributed by atoms with van der Waals surface area (Å²) in [7, 11) is 1.60. The maximum Gasteiger partial charge on any atom is 0.251 e. The van der Waals surface area contributed by atoms with Crippen LogP contribution in [0.25, 0.3) is 0 Å². The predicted molar refractivity (Wildman–Crippen MR) is 58.6 cm³/mol. The number of benzene rings is 1. The van der Waals surface area contributed by atoms with Crippen molar-refractivity contribution in [3.63, 3.8) is 0 Å². The number of amides is 1. The quantitative estimate of drug-likeness (QED) is 0.603. The maximum absolute atomic E-state index is 11.2. The minimum Gasteiger partial charge on any atom is -0.355 e. The summed E-state index contributed by atoms with van der Waals surface area (Å²) in [6, 6.07) is 7.21. The van der Waals surface area contributed by atoms with Gasteiger partial charge in [-0.3, -0.25) is 4.79 Å². The number of carbonyl (C=O) groups excluding carboxylic acids is 1. The van der Waals surface area contributed by atoms with Crippen LogP contribution in [0.5, 0.6) is 0 Å². The Morgan fingerprint density at radius 2 is 2.14 bits per heavy atom. The molecule has 4 heteroatoms. The number of isothiocyanates is 1. The average Bonchev–Trinajstić information content (AvgIpc) is 2.26. The van der Waals surface area contributed by atoms with Crippen LogP contribution >= 0.6 is 12.2 Å². The predicted octanol–water partition coefficient (Wildman–Crippen LogP) is 1.65. The van der Waals surface area contributed by atoms with E-state index in [1.807, 2.05) is 12.1 Å². The van der Waals surface area contributed by atoms with E-state index in [1.54, 1.807) is 19.2 Å². The Balaban J connectivity index is 2.78. The molecule has 0 fully saturated rings. The maximum atomic E-state index is 11.2. The van der Waals surface area contributed by atoms with Gasteiger partial charge in [0.05, 0.1) is 11.7 Å². The Kier molecular flexibility index (Phi) is 3.98. The zero-order valence-corrected chi connectivity index (χ0v) is 8.60. The summed E-state index contributed by atoms with van der Waals surface area (Å²) < 4.78 is 0. The monoisotopic (exact) mass is 206 g/mol. The van der Waals surface area contributed by atoms with Crippen LogP contribution in [0.15, 0.2) is 29.3 Å². The molecule has 0 unspecified atom stereocenters. The van der Waals surface area contributed by atoms with Crippen LogP contribution in [0.1, 0.15) is 15.9 Å². The van der Waals surface area contributed by atoms with Crippen molar-refractivity contribution in [1.82, 2.24) is 5.32 Å². The van der Waals surface area contributed by atoms with Gasteiger partial charge in [-0.1, -0.05) is 12.1 Å². The first kappa shape index (κ1) is 10.6. The van der Waals surface area contributed by atoms with Gasteiger partial charge >= 0.3 is 0 Å². The van der Waals surface area contributed by atoms with Crippen LogP contribution in [0.2, 0.25) is 0 Å². The highest BCUT2D eigenvalue weighted by molar-refractivity contribution is 7.78. The van der Waals surface area contributed by atoms with E-state index in [-0.39, 0.29) is 5.91 Å². The lowest BCUT2D eigenvalue weighted by molar-refractivity contribution is 0.0963. The molecule has 0 aromatic heterocycles. The first-order valence-electron chi connectivity index (χ1n) is 4.12. The molecule has 3 nitrogen and oxygen atoms in total. The molecule has 1 aromatic carbocycles. The van der Waals surface area contributed by atoms with E-state index in [1.165, 1.54) is 0 Å². The molecule has 0 aliphatic heterocycles. The fourth-order valence-electron chi connectivity index (χ4n) is 1.03. The molecule has 72 valence electrons. The highest BCUT2D eigenvalue weighted by Crippen LogP contribution is 2.05. The molecule has 0 bridgehead atoms. The van der Waals surface area contributed by atoms with Crippen LogP contribution in [0.3, 0.4) is 0 Å². The van der Waals surface area contributed by atoms with Gasteiger partial charge in [0.25, 0.3) is 5.91 Å². The van der Waals surface area contributed by atoms with Crippen molar-refractivity contribution in [1.29, 1.82) is 0 Å². The zero-order chi connectivity index (χ0) is 10.4. The van der Waals surface area contributed by atoms with Gasteiger partial charge < -0.3 is 5.32 Å². The van der Waals surface area contributed by atoms with Crippen molar-refractivity contribution in [2.24, 2.45) is 4.99 Å². The molecular formula is C10H10N2OS. The molecule has 1 aromatic rings. The smallest absolute Gasteiger partial charge is 0.251 e. The van der Waals surface area contributed by atoms with E-state index >= 15 is 0 Å². The molecule has 1 amide bonds. The summed E-state index contributed by atoms with van der Waals surface area (Å²) in [4.78, 5) is 15.0. The highest BCUT2D eigenvalue weighted by atomic mass is 32.1. The fourth-order valence-corrected chi connectivity index (χ4v) is 1.09. The summed E-state index contributed by atoms with van der Waals surface area (Å²) in [5.41, 5.74) is 1.65. The Morgan fingerprint density at radius 1 is 1.50 bits per heavy atom. The molecule has 0 saturated carbocycles. The van der Waals surface area contributed by atoms with Gasteiger partial charge in [0, 0.05) is 12.6 Å². The van der Waals surface area contributed by atoms with Crippen LogP contribution in [-0.4, -0.2) is 18.1 Å². The number of hydrogen-bond acceptors (Lipinski definition) is 3. The Labute approximate surface area is 87.9 Å². The van der Waals surface area contributed by atoms with Gasteiger partial charge in [0.15, 0.2) is 0 Å². The average molecular weight is 206 g/mol. The van der Waals surface area contributed by atoms with Gasteiger partial charge in [-0.15, -0.1) is 0 Å². The van der Waals surface area contributed by atoms with E-state index in [2.05, 4.69) is 27.7 Å². The van der Waals surface area contributed by atoms with Gasteiger partial charge in [0.2, 0.25) is 0 Å². The fraction of sp³-hybridized carbons (Fsp3) is 0.200. The second kappa shape index (κ2) is 5.27. The molecule has 1 N–H and O–H groups in total. The molecule has 0 aliphatic carbocycles. The number of carbonyl (C=O) groups is 1. The third kappa shape index (κ3) is 2.76. The van der Waals surface area contributed by atoms with E-state index in [9.17, 15) is 4.79 Å². The lowest BCUT2D eigenvalue weighted by Crippen LogP contribution is -2.17. The molecule has 0 aliphatic rings. The Bertz CT molecular complexity index is 366. The number of thiocarbonyl (C=S) groups is 1. The third-order valence-corrected chi connectivity index (χ3v) is 1.90. The van der Waals surface area contributed by atoms with Crippen LogP contribution in [0.4, 0.5) is 0 Å². The van der Waals surface area contributed by atoms with Crippen molar-refractivity contribution < 1.29 is 4.79 Å². The normalized spacial score (nSPS) is 8.93. The van der Waals surface area contributed by atoms with E-state index in [0.29, 0.717) is 12.1 Å². The lowest BCUT2D eigenvalue weighted by atomic mass is 10.1. The number of aliphatic imine (C=N–C) groups is 1. The molecule has 0 saturated heterocycles. The molecule has 0 spiro atoms. The second-order valence-corrected chi connectivity index (χ2v) is 2.87. The number of hydrogen-bond donors (Lipinski definition) is 1. The second-order valence-electron chi connectivity index (χ2n) is 2.68. The van der Waals surface area contributed by atoms with Gasteiger partial charge in [-0.05, 0) is 29.9 Å². The van der Waals surface area contributed by atoms with Crippen molar-refractivity contribution in [3.8, 4) is 0 Å². The summed E-state index contributed by atoms with van der Waals surface area (Å²) in [6.07, 6.45) is 0. The largest absolute Gasteiger partial charge is 0.355 e. The standard InChI is InChI=1S/C10H10N2OS/c1-11-10(13)9-4-2-8(3-5-9)6-12-7-14/h2-5H,6H2,1H3,(H,11,13). The Morgan fingerprint density at radius 3 is 2.64 bits per heavy atom. The summed E-state index contributed by atoms with van der Waals surface area (Å²) in [5.74, 6) is -0.0881. The van der Waals surface area contributed by atoms with Gasteiger partial charge in [0.1, 0.15) is 0 Å². The first-order valence-corrected chi connectivity index (χ1v) is 4.53. The minimum atomic E-state index is -0.0881. The Hall–Kier alpha value is -1.51. The van der Waals surface area contributed by atoms with Crippen molar-refractivity contribution in [3.05, 3.63) is 35.4 Å². The summed E-state index contributed by atoms with van der Waals surface area (Å²) in [5, 5.41) is 4.85. The van der Waals surface area contributed by atoms with Gasteiger partial charge in [-0.2, -0.15) is 0 Å². The van der Waals surface area contributed by atoms with Crippen LogP contribution in [0, 0.1) is 0 Å². The van der Waals surface area contributed by atoms with E-state index < -0.39 is 0 Å². The van der Waals surface area contributed by atoms with Crippen molar-refractivity contribution in [2.45, 2.75) is 6.54 Å². The topological polar surface area (TPSA) is 41.5 Å². The van der Waals surface area contributed by atoms with Crippen LogP contribution in [-0.2, 0) is 6.54 Å². The van der Waals surface area contributed by atoms with E-state index in [0.717, 1.165) is 5.56 Å². The summed E-state index contributed by atoms with van der Waals surface area (Å²) in [6.45, 7) is 0.511. The number of nitrogens with one attached hydrogen (secondary N) is 1. The zero-order valence-electron chi connectivity index (χ0n) is 7.78. The molecule has 14 heavy (non-hydrogen) atoms. The number of nitrogens with zero attached hydrogens (tertiary/aromatic N) is 1. The van der Waals surface area contributed by atoms with Gasteiger partial charge in [-0.25, -0.2) is 4.99 Å². The molecule has 0 atom stereocenters. The molecular weight excluding hydrogens is 196 g/mol. The minimum absolute atomic E-state index is 0.0881. The van der Waals surface area contributed by atoms with Crippen LogP contribution < -0.4 is 5.32 Å². The highest BCUT2D eigenvalue weighted by Gasteiger charge is 2.01.